The average Bonchev–Trinajstić information content (AvgIpc) is 3.58. The van der Waals surface area contributed by atoms with Gasteiger partial charge in [-0.2, -0.15) is 18.3 Å². The molecule has 2 aliphatic heterocycles. The number of carbonyl (C=O) groups is 2. The lowest BCUT2D eigenvalue weighted by Crippen LogP contribution is -2.36. The lowest BCUT2D eigenvalue weighted by molar-refractivity contribution is -0.138. The van der Waals surface area contributed by atoms with Crippen LogP contribution in [0.4, 0.5) is 18.0 Å². The largest absolute Gasteiger partial charge is 0.497 e. The molecule has 2 fully saturated rings. The number of ether oxygens (including phenoxy) is 1. The van der Waals surface area contributed by atoms with Gasteiger partial charge in [0.25, 0.3) is 11.1 Å². The minimum Gasteiger partial charge on any atom is -0.497 e. The first kappa shape index (κ1) is 25.3. The lowest BCUT2D eigenvalue weighted by Gasteiger charge is -2.18. The van der Waals surface area contributed by atoms with E-state index in [4.69, 9.17) is 4.74 Å². The Kier molecular flexibility index (Phi) is 7.00. The van der Waals surface area contributed by atoms with Crippen LogP contribution in [0.25, 0.3) is 17.0 Å². The van der Waals surface area contributed by atoms with E-state index in [1.807, 2.05) is 0 Å². The van der Waals surface area contributed by atoms with Crippen molar-refractivity contribution in [2.75, 3.05) is 33.3 Å². The molecule has 37 heavy (non-hydrogen) atoms. The number of rotatable bonds is 7. The number of alkyl halides is 3. The van der Waals surface area contributed by atoms with Gasteiger partial charge in [0.2, 0.25) is 0 Å². The van der Waals surface area contributed by atoms with Crippen LogP contribution in [0.2, 0.25) is 0 Å². The summed E-state index contributed by atoms with van der Waals surface area (Å²) in [5.41, 5.74) is 0.662. The highest BCUT2D eigenvalue weighted by Crippen LogP contribution is 2.36. The molecule has 0 aliphatic carbocycles. The average molecular weight is 531 g/mol. The highest BCUT2D eigenvalue weighted by molar-refractivity contribution is 8.18. The number of fused-ring (bicyclic) bond motifs is 1. The zero-order valence-electron chi connectivity index (χ0n) is 20.1. The Morgan fingerprint density at radius 1 is 1.08 bits per heavy atom. The number of carbonyl (C=O) groups excluding carboxylic acids is 2. The summed E-state index contributed by atoms with van der Waals surface area (Å²) in [4.78, 5) is 29.2. The van der Waals surface area contributed by atoms with Crippen LogP contribution in [-0.4, -0.2) is 64.0 Å². The van der Waals surface area contributed by atoms with Crippen LogP contribution in [0.1, 0.15) is 29.5 Å². The number of likely N-dealkylation sites (tertiary alicyclic amines) is 1. The normalized spacial score (nSPS) is 18.1. The molecule has 3 heterocycles. The van der Waals surface area contributed by atoms with Gasteiger partial charge in [-0.15, -0.1) is 0 Å². The zero-order valence-corrected chi connectivity index (χ0v) is 20.9. The SMILES string of the molecule is COc1ccc(Cn2ncc3cc(/C=C4\SC(=O)N(CCN5CCCC5)C4=O)ccc32)c(C(F)(F)F)c1. The van der Waals surface area contributed by atoms with E-state index < -0.39 is 11.7 Å². The van der Waals surface area contributed by atoms with E-state index in [0.29, 0.717) is 34.5 Å². The number of methoxy groups -OCH3 is 1. The summed E-state index contributed by atoms with van der Waals surface area (Å²) in [5.74, 6) is -0.171. The van der Waals surface area contributed by atoms with Crippen molar-refractivity contribution in [2.24, 2.45) is 0 Å². The number of hydrogen-bond acceptors (Lipinski definition) is 6. The maximum atomic E-state index is 13.6. The van der Waals surface area contributed by atoms with E-state index in [2.05, 4.69) is 10.00 Å². The second kappa shape index (κ2) is 10.2. The highest BCUT2D eigenvalue weighted by atomic mass is 32.2. The van der Waals surface area contributed by atoms with Crippen molar-refractivity contribution in [3.63, 3.8) is 0 Å². The summed E-state index contributed by atoms with van der Waals surface area (Å²) in [5, 5.41) is 4.73. The molecular weight excluding hydrogens is 505 g/mol. The monoisotopic (exact) mass is 530 g/mol. The van der Waals surface area contributed by atoms with Gasteiger partial charge >= 0.3 is 6.18 Å². The predicted molar refractivity (Wildman–Crippen MR) is 135 cm³/mol. The number of nitrogens with zero attached hydrogens (tertiary/aromatic N) is 4. The fourth-order valence-corrected chi connectivity index (χ4v) is 5.52. The van der Waals surface area contributed by atoms with Crippen molar-refractivity contribution in [2.45, 2.75) is 25.6 Å². The van der Waals surface area contributed by atoms with E-state index in [9.17, 15) is 22.8 Å². The Labute approximate surface area is 215 Å². The first-order valence-corrected chi connectivity index (χ1v) is 12.7. The van der Waals surface area contributed by atoms with Gasteiger partial charge in [0.1, 0.15) is 5.75 Å². The molecule has 5 rings (SSSR count). The Bertz CT molecular complexity index is 1380. The van der Waals surface area contributed by atoms with Gasteiger partial charge < -0.3 is 9.64 Å². The number of imide groups is 1. The van der Waals surface area contributed by atoms with Crippen LogP contribution in [0.3, 0.4) is 0 Å². The Morgan fingerprint density at radius 2 is 1.86 bits per heavy atom. The minimum absolute atomic E-state index is 0.0718. The summed E-state index contributed by atoms with van der Waals surface area (Å²) >= 11 is 0.921. The lowest BCUT2D eigenvalue weighted by atomic mass is 10.1. The maximum Gasteiger partial charge on any atom is 0.416 e. The summed E-state index contributed by atoms with van der Waals surface area (Å²) in [6.07, 6.45) is 1.00. The summed E-state index contributed by atoms with van der Waals surface area (Å²) in [6.45, 7) is 2.98. The van der Waals surface area contributed by atoms with E-state index >= 15 is 0 Å². The summed E-state index contributed by atoms with van der Waals surface area (Å²) in [7, 11) is 1.32. The maximum absolute atomic E-state index is 13.6. The van der Waals surface area contributed by atoms with Gasteiger partial charge in [0.15, 0.2) is 0 Å². The molecular formula is C26H25F3N4O3S. The van der Waals surface area contributed by atoms with E-state index in [1.54, 1.807) is 30.5 Å². The quantitative estimate of drug-likeness (QED) is 0.389. The molecule has 11 heteroatoms. The van der Waals surface area contributed by atoms with Gasteiger partial charge in [0.05, 0.1) is 35.8 Å². The third kappa shape index (κ3) is 5.37. The van der Waals surface area contributed by atoms with E-state index in [-0.39, 0.29) is 29.0 Å². The van der Waals surface area contributed by atoms with Crippen LogP contribution >= 0.6 is 11.8 Å². The summed E-state index contributed by atoms with van der Waals surface area (Å²) in [6, 6.07) is 9.18. The molecule has 0 radical (unpaired) electrons. The molecule has 2 aromatic carbocycles. The third-order valence-corrected chi connectivity index (χ3v) is 7.53. The number of halogens is 3. The predicted octanol–water partition coefficient (Wildman–Crippen LogP) is 5.24. The minimum atomic E-state index is -4.53. The van der Waals surface area contributed by atoms with Crippen molar-refractivity contribution in [1.29, 1.82) is 0 Å². The second-order valence-corrected chi connectivity index (χ2v) is 10.0. The first-order valence-electron chi connectivity index (χ1n) is 11.9. The van der Waals surface area contributed by atoms with E-state index in [1.165, 1.54) is 28.8 Å². The molecule has 0 saturated carbocycles. The molecule has 1 aromatic heterocycles. The van der Waals surface area contributed by atoms with Crippen LogP contribution in [0.15, 0.2) is 47.5 Å². The standard InChI is InChI=1S/C26H25F3N4O3S/c1-36-20-6-5-18(21(14-20)26(27,28)29)16-33-22-7-4-17(12-19(22)15-30-33)13-23-24(34)32(25(35)37-23)11-10-31-8-2-3-9-31/h4-7,12-15H,2-3,8-11,16H2,1H3/b23-13-. The Balaban J connectivity index is 1.34. The third-order valence-electron chi connectivity index (χ3n) is 6.62. The van der Waals surface area contributed by atoms with Crippen LogP contribution in [0, 0.1) is 0 Å². The van der Waals surface area contributed by atoms with E-state index in [0.717, 1.165) is 43.8 Å². The Hall–Kier alpha value is -3.31. The molecule has 2 amide bonds. The molecule has 0 bridgehead atoms. The van der Waals surface area contributed by atoms with Crippen molar-refractivity contribution in [3.05, 3.63) is 64.2 Å². The fraction of sp³-hybridized carbons (Fsp3) is 0.346. The van der Waals surface area contributed by atoms with Crippen molar-refractivity contribution in [3.8, 4) is 5.75 Å². The summed E-state index contributed by atoms with van der Waals surface area (Å²) < 4.78 is 47.3. The van der Waals surface area contributed by atoms with Crippen molar-refractivity contribution >= 4 is 39.9 Å². The smallest absolute Gasteiger partial charge is 0.416 e. The van der Waals surface area contributed by atoms with Crippen LogP contribution in [0.5, 0.6) is 5.75 Å². The first-order chi connectivity index (χ1) is 17.7. The number of thioether (sulfide) groups is 1. The molecule has 7 nitrogen and oxygen atoms in total. The molecule has 194 valence electrons. The molecule has 3 aromatic rings. The number of hydrogen-bond donors (Lipinski definition) is 0. The van der Waals surface area contributed by atoms with Gasteiger partial charge in [-0.1, -0.05) is 12.1 Å². The van der Waals surface area contributed by atoms with Crippen molar-refractivity contribution < 1.29 is 27.5 Å². The number of aromatic nitrogens is 2. The molecule has 0 N–H and O–H groups in total. The highest BCUT2D eigenvalue weighted by Gasteiger charge is 2.35. The molecule has 2 saturated heterocycles. The molecule has 2 aliphatic rings. The fourth-order valence-electron chi connectivity index (χ4n) is 4.66. The van der Waals surface area contributed by atoms with Gasteiger partial charge in [-0.25, -0.2) is 0 Å². The zero-order chi connectivity index (χ0) is 26.2. The Morgan fingerprint density at radius 3 is 2.59 bits per heavy atom. The van der Waals surface area contributed by atoms with Crippen LogP contribution < -0.4 is 4.74 Å². The van der Waals surface area contributed by atoms with Gasteiger partial charge in [0, 0.05) is 18.5 Å². The molecule has 0 atom stereocenters. The number of benzene rings is 2. The van der Waals surface area contributed by atoms with Gasteiger partial charge in [-0.05, 0) is 79.2 Å². The molecule has 0 unspecified atom stereocenters. The molecule has 0 spiro atoms. The van der Waals surface area contributed by atoms with Crippen LogP contribution in [-0.2, 0) is 17.5 Å². The second-order valence-electron chi connectivity index (χ2n) is 9.02. The van der Waals surface area contributed by atoms with Crippen molar-refractivity contribution in [1.82, 2.24) is 19.6 Å². The topological polar surface area (TPSA) is 67.7 Å². The van der Waals surface area contributed by atoms with Gasteiger partial charge in [-0.3, -0.25) is 19.2 Å². The number of amides is 2.